The Bertz CT molecular complexity index is 1880. The number of carbonyl (C=O) groups is 2. The zero-order valence-electron chi connectivity index (χ0n) is 25.1. The predicted molar refractivity (Wildman–Crippen MR) is 174 cm³/mol. The number of nitriles is 1. The summed E-state index contributed by atoms with van der Waals surface area (Å²) in [5.74, 6) is -0.664. The lowest BCUT2D eigenvalue weighted by Gasteiger charge is -2.35. The van der Waals surface area contributed by atoms with Gasteiger partial charge in [-0.15, -0.1) is 0 Å². The van der Waals surface area contributed by atoms with Crippen LogP contribution in [0.15, 0.2) is 44.8 Å². The van der Waals surface area contributed by atoms with E-state index in [2.05, 4.69) is 0 Å². The number of pyridine rings is 1. The molecule has 0 radical (unpaired) electrons. The molecule has 0 N–H and O–H groups in total. The van der Waals surface area contributed by atoms with Crippen molar-refractivity contribution in [3.05, 3.63) is 78.3 Å². The van der Waals surface area contributed by atoms with Gasteiger partial charge in [-0.25, -0.2) is 4.68 Å². The number of aromatic nitrogens is 3. The number of hydrogen-bond donors (Lipinski definition) is 0. The highest BCUT2D eigenvalue weighted by Crippen LogP contribution is 2.39. The van der Waals surface area contributed by atoms with Crippen LogP contribution in [0.5, 0.6) is 0 Å². The molecule has 2 aromatic heterocycles. The largest absolute Gasteiger partial charge is 0.466 e. The van der Waals surface area contributed by atoms with Crippen molar-refractivity contribution < 1.29 is 14.3 Å². The molecule has 1 amide bonds. The molecule has 2 aliphatic heterocycles. The monoisotopic (exact) mass is 632 g/mol. The van der Waals surface area contributed by atoms with Crippen LogP contribution in [0.2, 0.25) is 0 Å². The van der Waals surface area contributed by atoms with Crippen LogP contribution >= 0.6 is 24.0 Å². The summed E-state index contributed by atoms with van der Waals surface area (Å²) in [4.78, 5) is 57.0. The van der Waals surface area contributed by atoms with Gasteiger partial charge in [-0.2, -0.15) is 5.26 Å². The molecule has 1 atom stereocenters. The van der Waals surface area contributed by atoms with Gasteiger partial charge in [-0.3, -0.25) is 33.3 Å². The van der Waals surface area contributed by atoms with Crippen LogP contribution in [0.1, 0.15) is 42.1 Å². The van der Waals surface area contributed by atoms with E-state index in [1.165, 1.54) is 14.1 Å². The van der Waals surface area contributed by atoms with Crippen LogP contribution in [-0.4, -0.2) is 49.8 Å². The van der Waals surface area contributed by atoms with Crippen molar-refractivity contribution in [1.82, 2.24) is 13.9 Å². The average molecular weight is 633 g/mol. The summed E-state index contributed by atoms with van der Waals surface area (Å²) in [5.41, 5.74) is 1.37. The standard InChI is InChI=1S/C31H32N6O5S2/c1-6-42-30(41)20-11-10-14-35(17-20)26-22(18(2)23(16-32)27(38)33(26)4)15-24-28(39)36(31(43)44-24)25-19(3)34(5)37(29(25)40)21-12-8-7-9-13-21/h7-9,12-13,15,20H,6,10-11,14,17H2,1-5H3. The van der Waals surface area contributed by atoms with Crippen molar-refractivity contribution in [3.8, 4) is 11.8 Å². The molecule has 228 valence electrons. The molecule has 11 nitrogen and oxygen atoms in total. The highest BCUT2D eigenvalue weighted by molar-refractivity contribution is 8.27. The average Bonchev–Trinajstić information content (AvgIpc) is 3.40. The Morgan fingerprint density at radius 2 is 1.86 bits per heavy atom. The van der Waals surface area contributed by atoms with E-state index >= 15 is 0 Å². The van der Waals surface area contributed by atoms with E-state index in [1.807, 2.05) is 29.2 Å². The molecule has 1 aromatic carbocycles. The molecule has 44 heavy (non-hydrogen) atoms. The van der Waals surface area contributed by atoms with Crippen LogP contribution in [0, 0.1) is 31.1 Å². The SMILES string of the molecule is CCOC(=O)C1CCCN(c2c(C=C3SC(=S)N(c4c(C)n(C)n(-c5ccccc5)c4=O)C3=O)c(C)c(C#N)c(=O)n2C)C1. The lowest BCUT2D eigenvalue weighted by molar-refractivity contribution is -0.148. The summed E-state index contributed by atoms with van der Waals surface area (Å²) in [6, 6.07) is 11.1. The number of nitrogens with zero attached hydrogens (tertiary/aromatic N) is 6. The number of hydrogen-bond acceptors (Lipinski definition) is 9. The first-order chi connectivity index (χ1) is 21.0. The molecule has 0 saturated carbocycles. The van der Waals surface area contributed by atoms with Crippen molar-refractivity contribution in [3.63, 3.8) is 0 Å². The van der Waals surface area contributed by atoms with Crippen LogP contribution in [-0.2, 0) is 28.4 Å². The number of thiocarbonyl (C=S) groups is 1. The first-order valence-corrected chi connectivity index (χ1v) is 15.4. The van der Waals surface area contributed by atoms with Gasteiger partial charge < -0.3 is 9.64 Å². The Labute approximate surface area is 263 Å². The van der Waals surface area contributed by atoms with Gasteiger partial charge in [0.25, 0.3) is 17.0 Å². The molecule has 4 heterocycles. The fraction of sp³-hybridized carbons (Fsp3) is 0.355. The summed E-state index contributed by atoms with van der Waals surface area (Å²) >= 11 is 6.68. The molecule has 2 saturated heterocycles. The number of para-hydroxylation sites is 1. The maximum Gasteiger partial charge on any atom is 0.310 e. The van der Waals surface area contributed by atoms with Crippen molar-refractivity contribution in [2.24, 2.45) is 20.0 Å². The van der Waals surface area contributed by atoms with Gasteiger partial charge >= 0.3 is 5.97 Å². The molecule has 13 heteroatoms. The Morgan fingerprint density at radius 3 is 2.52 bits per heavy atom. The number of anilines is 2. The second-order valence-corrected chi connectivity index (χ2v) is 12.4. The summed E-state index contributed by atoms with van der Waals surface area (Å²) in [6.07, 6.45) is 2.98. The lowest BCUT2D eigenvalue weighted by Crippen LogP contribution is -2.42. The zero-order chi connectivity index (χ0) is 31.9. The normalized spacial score (nSPS) is 17.8. The third-order valence-electron chi connectivity index (χ3n) is 8.13. The van der Waals surface area contributed by atoms with Crippen LogP contribution < -0.4 is 20.9 Å². The lowest BCUT2D eigenvalue weighted by atomic mass is 9.96. The van der Waals surface area contributed by atoms with Crippen molar-refractivity contribution in [2.45, 2.75) is 33.6 Å². The fourth-order valence-corrected chi connectivity index (χ4v) is 7.07. The minimum Gasteiger partial charge on any atom is -0.466 e. The van der Waals surface area contributed by atoms with Gasteiger partial charge in [0.15, 0.2) is 4.32 Å². The number of rotatable bonds is 6. The number of esters is 1. The molecule has 0 spiro atoms. The summed E-state index contributed by atoms with van der Waals surface area (Å²) < 4.78 is 10.0. The van der Waals surface area contributed by atoms with Crippen LogP contribution in [0.25, 0.3) is 11.8 Å². The van der Waals surface area contributed by atoms with Crippen LogP contribution in [0.4, 0.5) is 11.5 Å². The van der Waals surface area contributed by atoms with E-state index in [0.717, 1.165) is 11.8 Å². The maximum absolute atomic E-state index is 14.0. The zero-order valence-corrected chi connectivity index (χ0v) is 26.8. The third-order valence-corrected chi connectivity index (χ3v) is 9.43. The minimum atomic E-state index is -0.480. The van der Waals surface area contributed by atoms with E-state index in [9.17, 15) is 24.4 Å². The highest BCUT2D eigenvalue weighted by Gasteiger charge is 2.39. The first-order valence-electron chi connectivity index (χ1n) is 14.2. The maximum atomic E-state index is 14.0. The molecule has 1 unspecified atom stereocenters. The van der Waals surface area contributed by atoms with Gasteiger partial charge in [0.1, 0.15) is 23.1 Å². The third kappa shape index (κ3) is 5.18. The van der Waals surface area contributed by atoms with E-state index in [1.54, 1.807) is 57.8 Å². The van der Waals surface area contributed by atoms with Crippen molar-refractivity contribution in [1.29, 1.82) is 5.26 Å². The van der Waals surface area contributed by atoms with Crippen molar-refractivity contribution in [2.75, 3.05) is 29.5 Å². The van der Waals surface area contributed by atoms with E-state index in [-0.39, 0.29) is 39.0 Å². The number of piperidine rings is 1. The molecule has 2 aliphatic rings. The molecule has 2 fully saturated rings. The molecule has 3 aromatic rings. The second-order valence-electron chi connectivity index (χ2n) is 10.7. The van der Waals surface area contributed by atoms with Gasteiger partial charge in [-0.05, 0) is 57.4 Å². The van der Waals surface area contributed by atoms with E-state index in [0.29, 0.717) is 54.3 Å². The molecular weight excluding hydrogens is 601 g/mol. The second kappa shape index (κ2) is 12.3. The number of amides is 1. The van der Waals surface area contributed by atoms with E-state index < -0.39 is 17.0 Å². The Balaban J connectivity index is 1.61. The van der Waals surface area contributed by atoms with Gasteiger partial charge in [-0.1, -0.05) is 42.2 Å². The highest BCUT2D eigenvalue weighted by atomic mass is 32.2. The Kier molecular flexibility index (Phi) is 8.67. The summed E-state index contributed by atoms with van der Waals surface area (Å²) in [7, 11) is 3.32. The minimum absolute atomic E-state index is 0.0402. The molecule has 0 bridgehead atoms. The number of benzene rings is 1. The first kappa shape index (κ1) is 31.0. The van der Waals surface area contributed by atoms with Gasteiger partial charge in [0.2, 0.25) is 0 Å². The quantitative estimate of drug-likeness (QED) is 0.228. The molecule has 0 aliphatic carbocycles. The Hall–Kier alpha value is -4.41. The topological polar surface area (TPSA) is 123 Å². The fourth-order valence-electron chi connectivity index (χ4n) is 5.82. The summed E-state index contributed by atoms with van der Waals surface area (Å²) in [6.45, 7) is 6.34. The predicted octanol–water partition coefficient (Wildman–Crippen LogP) is 3.55. The molecule has 5 rings (SSSR count). The number of ether oxygens (including phenoxy) is 1. The van der Waals surface area contributed by atoms with Crippen LogP contribution in [0.3, 0.4) is 0 Å². The number of carbonyl (C=O) groups excluding carboxylic acids is 2. The van der Waals surface area contributed by atoms with E-state index in [4.69, 9.17) is 17.0 Å². The summed E-state index contributed by atoms with van der Waals surface area (Å²) in [5, 5.41) is 9.85. The van der Waals surface area contributed by atoms with Crippen molar-refractivity contribution >= 4 is 57.8 Å². The molecular formula is C31H32N6O5S2. The van der Waals surface area contributed by atoms with Gasteiger partial charge in [0, 0.05) is 32.7 Å². The Morgan fingerprint density at radius 1 is 1.16 bits per heavy atom. The van der Waals surface area contributed by atoms with Gasteiger partial charge in [0.05, 0.1) is 28.8 Å². The number of thioether (sulfide) groups is 1. The smallest absolute Gasteiger partial charge is 0.310 e.